The lowest BCUT2D eigenvalue weighted by Gasteiger charge is -2.33. The maximum absolute atomic E-state index is 5.25. The van der Waals surface area contributed by atoms with Crippen LogP contribution in [0.1, 0.15) is 5.82 Å². The minimum Gasteiger partial charge on any atom is -0.497 e. The molecule has 0 radical (unpaired) electrons. The van der Waals surface area contributed by atoms with Gasteiger partial charge in [-0.25, -0.2) is 9.97 Å². The minimum absolute atomic E-state index is 0.779. The topological polar surface area (TPSA) is 54.4 Å². The largest absolute Gasteiger partial charge is 0.497 e. The summed E-state index contributed by atoms with van der Waals surface area (Å²) in [5, 5.41) is 0. The predicted octanol–water partition coefficient (Wildman–Crippen LogP) is 3.27. The van der Waals surface area contributed by atoms with Gasteiger partial charge >= 0.3 is 0 Å². The van der Waals surface area contributed by atoms with E-state index in [1.165, 1.54) is 0 Å². The molecule has 144 valence electrons. The van der Waals surface area contributed by atoms with Gasteiger partial charge in [0.25, 0.3) is 0 Å². The van der Waals surface area contributed by atoms with Crippen molar-refractivity contribution in [3.8, 4) is 28.1 Å². The molecule has 0 N–H and O–H groups in total. The predicted molar refractivity (Wildman–Crippen MR) is 112 cm³/mol. The van der Waals surface area contributed by atoms with Gasteiger partial charge in [0, 0.05) is 55.8 Å². The number of hydrogen-bond acceptors (Lipinski definition) is 6. The highest BCUT2D eigenvalue weighted by Gasteiger charge is 2.17. The Morgan fingerprint density at radius 2 is 1.57 bits per heavy atom. The molecule has 1 aromatic carbocycles. The Labute approximate surface area is 165 Å². The lowest BCUT2D eigenvalue weighted by molar-refractivity contribution is 0.312. The third-order valence-electron chi connectivity index (χ3n) is 5.11. The number of piperazine rings is 1. The van der Waals surface area contributed by atoms with Crippen molar-refractivity contribution in [1.82, 2.24) is 19.9 Å². The van der Waals surface area contributed by atoms with Crippen molar-refractivity contribution in [2.24, 2.45) is 0 Å². The fourth-order valence-corrected chi connectivity index (χ4v) is 3.42. The van der Waals surface area contributed by atoms with Crippen molar-refractivity contribution >= 4 is 5.82 Å². The van der Waals surface area contributed by atoms with Crippen LogP contribution in [0.3, 0.4) is 0 Å². The highest BCUT2D eigenvalue weighted by Crippen LogP contribution is 2.27. The molecule has 1 aliphatic rings. The summed E-state index contributed by atoms with van der Waals surface area (Å²) in [7, 11) is 3.83. The lowest BCUT2D eigenvalue weighted by atomic mass is 10.0. The van der Waals surface area contributed by atoms with Gasteiger partial charge in [0.2, 0.25) is 0 Å². The number of hydrogen-bond donors (Lipinski definition) is 0. The van der Waals surface area contributed by atoms with E-state index < -0.39 is 0 Å². The highest BCUT2D eigenvalue weighted by atomic mass is 16.5. The van der Waals surface area contributed by atoms with Crippen molar-refractivity contribution in [1.29, 1.82) is 0 Å². The Morgan fingerprint density at radius 1 is 0.857 bits per heavy atom. The van der Waals surface area contributed by atoms with Gasteiger partial charge in [-0.2, -0.15) is 0 Å². The number of nitrogens with zero attached hydrogens (tertiary/aromatic N) is 5. The molecule has 0 spiro atoms. The van der Waals surface area contributed by atoms with E-state index in [0.717, 1.165) is 66.0 Å². The highest BCUT2D eigenvalue weighted by molar-refractivity contribution is 5.71. The van der Waals surface area contributed by atoms with Crippen molar-refractivity contribution in [3.05, 3.63) is 54.6 Å². The van der Waals surface area contributed by atoms with Crippen molar-refractivity contribution in [2.45, 2.75) is 6.92 Å². The Hall–Kier alpha value is -2.99. The molecular weight excluding hydrogens is 350 g/mol. The number of likely N-dealkylation sites (N-methyl/N-ethyl adjacent to an activating group) is 1. The average Bonchev–Trinajstić information content (AvgIpc) is 2.74. The van der Waals surface area contributed by atoms with E-state index in [2.05, 4.69) is 43.9 Å². The molecule has 28 heavy (non-hydrogen) atoms. The van der Waals surface area contributed by atoms with Crippen LogP contribution in [0.15, 0.2) is 48.8 Å². The van der Waals surface area contributed by atoms with E-state index in [1.807, 2.05) is 43.6 Å². The molecule has 1 saturated heterocycles. The average molecular weight is 375 g/mol. The standard InChI is InChI=1S/C22H25N5O/c1-16-24-21(13-22(25-16)27-10-8-26(2)9-11-27)19-12-18(14-23-15-19)17-4-6-20(28-3)7-5-17/h4-7,12-15H,8-11H2,1-3H3. The normalized spacial score (nSPS) is 14.9. The van der Waals surface area contributed by atoms with Gasteiger partial charge in [0.1, 0.15) is 17.4 Å². The summed E-state index contributed by atoms with van der Waals surface area (Å²) >= 11 is 0. The van der Waals surface area contributed by atoms with Crippen molar-refractivity contribution < 1.29 is 4.74 Å². The van der Waals surface area contributed by atoms with E-state index in [4.69, 9.17) is 4.74 Å². The molecule has 0 aliphatic carbocycles. The fourth-order valence-electron chi connectivity index (χ4n) is 3.42. The number of ether oxygens (including phenoxy) is 1. The number of anilines is 1. The zero-order valence-electron chi connectivity index (χ0n) is 16.6. The Morgan fingerprint density at radius 3 is 2.29 bits per heavy atom. The molecule has 1 fully saturated rings. The van der Waals surface area contributed by atoms with Crippen LogP contribution in [0.2, 0.25) is 0 Å². The Balaban J connectivity index is 1.65. The third-order valence-corrected chi connectivity index (χ3v) is 5.11. The van der Waals surface area contributed by atoms with Gasteiger partial charge in [-0.1, -0.05) is 12.1 Å². The quantitative estimate of drug-likeness (QED) is 0.698. The smallest absolute Gasteiger partial charge is 0.132 e. The summed E-state index contributed by atoms with van der Waals surface area (Å²) in [4.78, 5) is 18.5. The molecule has 0 bridgehead atoms. The molecule has 0 amide bonds. The van der Waals surface area contributed by atoms with Gasteiger partial charge in [-0.3, -0.25) is 4.98 Å². The first-order chi connectivity index (χ1) is 13.6. The van der Waals surface area contributed by atoms with Crippen molar-refractivity contribution in [2.75, 3.05) is 45.2 Å². The van der Waals surface area contributed by atoms with E-state index in [0.29, 0.717) is 0 Å². The van der Waals surface area contributed by atoms with Crippen LogP contribution >= 0.6 is 0 Å². The van der Waals surface area contributed by atoms with Crippen LogP contribution in [0.25, 0.3) is 22.4 Å². The second-order valence-electron chi connectivity index (χ2n) is 7.14. The van der Waals surface area contributed by atoms with E-state index >= 15 is 0 Å². The summed E-state index contributed by atoms with van der Waals surface area (Å²) in [6, 6.07) is 12.2. The first-order valence-electron chi connectivity index (χ1n) is 9.51. The van der Waals surface area contributed by atoms with Gasteiger partial charge in [0.15, 0.2) is 0 Å². The third kappa shape index (κ3) is 3.97. The molecule has 0 atom stereocenters. The molecule has 2 aromatic heterocycles. The lowest BCUT2D eigenvalue weighted by Crippen LogP contribution is -2.44. The summed E-state index contributed by atoms with van der Waals surface area (Å²) < 4.78 is 5.25. The summed E-state index contributed by atoms with van der Waals surface area (Å²) in [6.07, 6.45) is 3.74. The van der Waals surface area contributed by atoms with E-state index in [1.54, 1.807) is 7.11 Å². The molecule has 3 aromatic rings. The second kappa shape index (κ2) is 7.94. The number of aromatic nitrogens is 3. The van der Waals surface area contributed by atoms with Crippen molar-refractivity contribution in [3.63, 3.8) is 0 Å². The molecular formula is C22H25N5O. The van der Waals surface area contributed by atoms with Crippen LogP contribution in [0.5, 0.6) is 5.75 Å². The maximum Gasteiger partial charge on any atom is 0.132 e. The van der Waals surface area contributed by atoms with Gasteiger partial charge in [0.05, 0.1) is 12.8 Å². The van der Waals surface area contributed by atoms with E-state index in [-0.39, 0.29) is 0 Å². The summed E-state index contributed by atoms with van der Waals surface area (Å²) in [6.45, 7) is 6.01. The molecule has 3 heterocycles. The van der Waals surface area contributed by atoms with Gasteiger partial charge in [-0.05, 0) is 37.7 Å². The van der Waals surface area contributed by atoms with Gasteiger partial charge < -0.3 is 14.5 Å². The SMILES string of the molecule is COc1ccc(-c2cncc(-c3cc(N4CCN(C)CC4)nc(C)n3)c2)cc1. The second-order valence-corrected chi connectivity index (χ2v) is 7.14. The van der Waals surface area contributed by atoms with Crippen LogP contribution in [-0.4, -0.2) is 60.2 Å². The van der Waals surface area contributed by atoms with Crippen LogP contribution in [0.4, 0.5) is 5.82 Å². The van der Waals surface area contributed by atoms with E-state index in [9.17, 15) is 0 Å². The van der Waals surface area contributed by atoms with Crippen LogP contribution in [-0.2, 0) is 0 Å². The monoisotopic (exact) mass is 375 g/mol. The van der Waals surface area contributed by atoms with Crippen LogP contribution in [0, 0.1) is 6.92 Å². The summed E-state index contributed by atoms with van der Waals surface area (Å²) in [5.41, 5.74) is 4.05. The Bertz CT molecular complexity index is 949. The number of rotatable bonds is 4. The maximum atomic E-state index is 5.25. The first-order valence-corrected chi connectivity index (χ1v) is 9.51. The molecule has 1 aliphatic heterocycles. The fraction of sp³-hybridized carbons (Fsp3) is 0.318. The molecule has 4 rings (SSSR count). The zero-order chi connectivity index (χ0) is 19.5. The number of aryl methyl sites for hydroxylation is 1. The molecule has 0 saturated carbocycles. The van der Waals surface area contributed by atoms with Crippen LogP contribution < -0.4 is 9.64 Å². The van der Waals surface area contributed by atoms with Gasteiger partial charge in [-0.15, -0.1) is 0 Å². The summed E-state index contributed by atoms with van der Waals surface area (Å²) in [5.74, 6) is 2.61. The Kier molecular flexibility index (Phi) is 5.21. The zero-order valence-corrected chi connectivity index (χ0v) is 16.6. The minimum atomic E-state index is 0.779. The number of pyridine rings is 1. The molecule has 0 unspecified atom stereocenters. The first kappa shape index (κ1) is 18.4. The molecule has 6 nitrogen and oxygen atoms in total. The number of benzene rings is 1. The molecule has 6 heteroatoms. The number of methoxy groups -OCH3 is 1.